The van der Waals surface area contributed by atoms with E-state index in [2.05, 4.69) is 6.07 Å². The lowest BCUT2D eigenvalue weighted by atomic mass is 10.1. The van der Waals surface area contributed by atoms with E-state index in [4.69, 9.17) is 5.26 Å². The third-order valence-corrected chi connectivity index (χ3v) is 4.17. The van der Waals surface area contributed by atoms with Crippen LogP contribution in [0.2, 0.25) is 0 Å². The lowest BCUT2D eigenvalue weighted by Gasteiger charge is -2.03. The maximum absolute atomic E-state index is 11.5. The van der Waals surface area contributed by atoms with Gasteiger partial charge in [0.15, 0.2) is 9.84 Å². The van der Waals surface area contributed by atoms with E-state index in [0.717, 1.165) is 18.4 Å². The highest BCUT2D eigenvalue weighted by Crippen LogP contribution is 2.13. The van der Waals surface area contributed by atoms with Gasteiger partial charge in [-0.15, -0.1) is 0 Å². The standard InChI is InChI=1S/C12H15NO2S/c1-2-16(14,15)12-8-6-11(7-9-12)5-3-4-10-13/h6-9H,2-5H2,1H3. The molecule has 16 heavy (non-hydrogen) atoms. The van der Waals surface area contributed by atoms with Crippen molar-refractivity contribution < 1.29 is 8.42 Å². The van der Waals surface area contributed by atoms with Crippen molar-refractivity contribution in [2.24, 2.45) is 0 Å². The van der Waals surface area contributed by atoms with Crippen LogP contribution in [0.15, 0.2) is 29.2 Å². The van der Waals surface area contributed by atoms with Crippen molar-refractivity contribution in [3.63, 3.8) is 0 Å². The molecule has 0 radical (unpaired) electrons. The van der Waals surface area contributed by atoms with Crippen LogP contribution in [0.4, 0.5) is 0 Å². The van der Waals surface area contributed by atoms with Gasteiger partial charge in [0.05, 0.1) is 16.7 Å². The van der Waals surface area contributed by atoms with Gasteiger partial charge in [-0.2, -0.15) is 5.26 Å². The van der Waals surface area contributed by atoms with Crippen molar-refractivity contribution in [2.75, 3.05) is 5.75 Å². The molecule has 86 valence electrons. The van der Waals surface area contributed by atoms with Crippen LogP contribution in [-0.4, -0.2) is 14.2 Å². The lowest BCUT2D eigenvalue weighted by Crippen LogP contribution is -2.03. The Labute approximate surface area is 96.6 Å². The Morgan fingerprint density at radius 1 is 1.25 bits per heavy atom. The molecular formula is C12H15NO2S. The molecule has 0 amide bonds. The molecule has 0 aliphatic carbocycles. The van der Waals surface area contributed by atoms with Gasteiger partial charge in [-0.25, -0.2) is 8.42 Å². The Morgan fingerprint density at radius 2 is 1.88 bits per heavy atom. The number of unbranched alkanes of at least 4 members (excludes halogenated alkanes) is 1. The first-order valence-electron chi connectivity index (χ1n) is 5.29. The van der Waals surface area contributed by atoms with Gasteiger partial charge in [-0.05, 0) is 30.5 Å². The van der Waals surface area contributed by atoms with Crippen LogP contribution < -0.4 is 0 Å². The number of rotatable bonds is 5. The van der Waals surface area contributed by atoms with Crippen molar-refractivity contribution in [3.8, 4) is 6.07 Å². The summed E-state index contributed by atoms with van der Waals surface area (Å²) in [6.07, 6.45) is 2.17. The molecule has 1 aromatic rings. The molecule has 3 nitrogen and oxygen atoms in total. The lowest BCUT2D eigenvalue weighted by molar-refractivity contribution is 0.597. The van der Waals surface area contributed by atoms with Gasteiger partial charge in [0, 0.05) is 6.42 Å². The predicted octanol–water partition coefficient (Wildman–Crippen LogP) is 2.33. The van der Waals surface area contributed by atoms with Crippen molar-refractivity contribution in [1.82, 2.24) is 0 Å². The Morgan fingerprint density at radius 3 is 2.38 bits per heavy atom. The van der Waals surface area contributed by atoms with E-state index in [0.29, 0.717) is 11.3 Å². The summed E-state index contributed by atoms with van der Waals surface area (Å²) in [5.74, 6) is 0.126. The molecule has 4 heteroatoms. The number of nitriles is 1. The Hall–Kier alpha value is -1.34. The summed E-state index contributed by atoms with van der Waals surface area (Å²) in [7, 11) is -3.09. The fraction of sp³-hybridized carbons (Fsp3) is 0.417. The molecule has 0 bridgehead atoms. The average molecular weight is 237 g/mol. The van der Waals surface area contributed by atoms with E-state index in [1.807, 2.05) is 12.1 Å². The summed E-state index contributed by atoms with van der Waals surface area (Å²) < 4.78 is 23.1. The monoisotopic (exact) mass is 237 g/mol. The number of nitrogens with zero attached hydrogens (tertiary/aromatic N) is 1. The van der Waals surface area contributed by atoms with Crippen LogP contribution in [0.1, 0.15) is 25.3 Å². The quantitative estimate of drug-likeness (QED) is 0.738. The summed E-state index contributed by atoms with van der Waals surface area (Å²) in [6, 6.07) is 9.00. The first-order valence-corrected chi connectivity index (χ1v) is 6.94. The highest BCUT2D eigenvalue weighted by atomic mass is 32.2. The molecule has 0 spiro atoms. The van der Waals surface area contributed by atoms with E-state index in [9.17, 15) is 8.42 Å². The molecule has 0 fully saturated rings. The van der Waals surface area contributed by atoms with Gasteiger partial charge in [-0.3, -0.25) is 0 Å². The molecule has 0 aliphatic rings. The molecule has 0 unspecified atom stereocenters. The molecule has 0 N–H and O–H groups in total. The summed E-state index contributed by atoms with van der Waals surface area (Å²) in [5.41, 5.74) is 1.07. The summed E-state index contributed by atoms with van der Waals surface area (Å²) in [5, 5.41) is 8.40. The Bertz CT molecular complexity index is 469. The van der Waals surface area contributed by atoms with Crippen LogP contribution >= 0.6 is 0 Å². The molecule has 0 atom stereocenters. The number of aryl methyl sites for hydroxylation is 1. The summed E-state index contributed by atoms with van der Waals surface area (Å²) in [4.78, 5) is 0.374. The fourth-order valence-electron chi connectivity index (χ4n) is 1.40. The first kappa shape index (κ1) is 12.7. The molecule has 0 heterocycles. The van der Waals surface area contributed by atoms with Crippen molar-refractivity contribution in [3.05, 3.63) is 29.8 Å². The maximum atomic E-state index is 11.5. The van der Waals surface area contributed by atoms with Gasteiger partial charge < -0.3 is 0 Å². The van der Waals surface area contributed by atoms with E-state index in [1.165, 1.54) is 0 Å². The van der Waals surface area contributed by atoms with Crippen LogP contribution in [-0.2, 0) is 16.3 Å². The molecule has 0 aromatic heterocycles. The van der Waals surface area contributed by atoms with Gasteiger partial charge in [0.1, 0.15) is 0 Å². The molecule has 1 rings (SSSR count). The molecule has 0 aliphatic heterocycles. The minimum Gasteiger partial charge on any atom is -0.224 e. The van der Waals surface area contributed by atoms with E-state index in [-0.39, 0.29) is 5.75 Å². The zero-order chi connectivity index (χ0) is 12.0. The fourth-order valence-corrected chi connectivity index (χ4v) is 2.29. The zero-order valence-corrected chi connectivity index (χ0v) is 10.1. The molecule has 1 aromatic carbocycles. The first-order chi connectivity index (χ1) is 7.60. The van der Waals surface area contributed by atoms with E-state index in [1.54, 1.807) is 19.1 Å². The Kier molecular flexibility index (Phi) is 4.51. The number of benzene rings is 1. The Balaban J connectivity index is 2.73. The third-order valence-electron chi connectivity index (χ3n) is 2.42. The smallest absolute Gasteiger partial charge is 0.178 e. The van der Waals surface area contributed by atoms with Crippen LogP contribution in [0, 0.1) is 11.3 Å². The predicted molar refractivity (Wildman–Crippen MR) is 62.7 cm³/mol. The second-order valence-electron chi connectivity index (χ2n) is 3.56. The minimum absolute atomic E-state index is 0.126. The maximum Gasteiger partial charge on any atom is 0.178 e. The van der Waals surface area contributed by atoms with Crippen molar-refractivity contribution in [2.45, 2.75) is 31.1 Å². The van der Waals surface area contributed by atoms with Crippen molar-refractivity contribution >= 4 is 9.84 Å². The van der Waals surface area contributed by atoms with E-state index < -0.39 is 9.84 Å². The van der Waals surface area contributed by atoms with Crippen LogP contribution in [0.25, 0.3) is 0 Å². The highest BCUT2D eigenvalue weighted by molar-refractivity contribution is 7.91. The van der Waals surface area contributed by atoms with Gasteiger partial charge in [-0.1, -0.05) is 19.1 Å². The third kappa shape index (κ3) is 3.35. The number of hydrogen-bond acceptors (Lipinski definition) is 3. The minimum atomic E-state index is -3.09. The molecule has 0 saturated heterocycles. The number of hydrogen-bond donors (Lipinski definition) is 0. The van der Waals surface area contributed by atoms with Gasteiger partial charge in [0.2, 0.25) is 0 Å². The number of sulfone groups is 1. The second-order valence-corrected chi connectivity index (χ2v) is 5.84. The van der Waals surface area contributed by atoms with Crippen molar-refractivity contribution in [1.29, 1.82) is 5.26 Å². The second kappa shape index (κ2) is 5.66. The topological polar surface area (TPSA) is 57.9 Å². The SMILES string of the molecule is CCS(=O)(=O)c1ccc(CCCC#N)cc1. The average Bonchev–Trinajstić information content (AvgIpc) is 2.30. The normalized spacial score (nSPS) is 11.0. The summed E-state index contributed by atoms with van der Waals surface area (Å²) >= 11 is 0. The van der Waals surface area contributed by atoms with Gasteiger partial charge in [0.25, 0.3) is 0 Å². The molecular weight excluding hydrogens is 222 g/mol. The van der Waals surface area contributed by atoms with Crippen LogP contribution in [0.3, 0.4) is 0 Å². The van der Waals surface area contributed by atoms with E-state index >= 15 is 0 Å². The largest absolute Gasteiger partial charge is 0.224 e. The summed E-state index contributed by atoms with van der Waals surface area (Å²) in [6.45, 7) is 1.64. The molecule has 0 saturated carbocycles. The van der Waals surface area contributed by atoms with Crippen LogP contribution in [0.5, 0.6) is 0 Å². The highest BCUT2D eigenvalue weighted by Gasteiger charge is 2.10. The van der Waals surface area contributed by atoms with Gasteiger partial charge >= 0.3 is 0 Å². The zero-order valence-electron chi connectivity index (χ0n) is 9.31.